The molecule has 122 valence electrons. The van der Waals surface area contributed by atoms with Gasteiger partial charge in [-0.05, 0) is 52.0 Å². The minimum atomic E-state index is -0.457. The molecule has 1 heterocycles. The highest BCUT2D eigenvalue weighted by Crippen LogP contribution is 2.42. The van der Waals surface area contributed by atoms with Gasteiger partial charge in [0, 0.05) is 6.04 Å². The van der Waals surface area contributed by atoms with Gasteiger partial charge in [-0.2, -0.15) is 0 Å². The lowest BCUT2D eigenvalue weighted by Gasteiger charge is -2.32. The molecular formula is C19H29NO2. The Labute approximate surface area is 134 Å². The number of amides is 1. The third-order valence-electron chi connectivity index (χ3n) is 4.43. The van der Waals surface area contributed by atoms with Crippen LogP contribution in [0.25, 0.3) is 0 Å². The molecule has 0 bridgehead atoms. The minimum Gasteiger partial charge on any atom is -0.444 e. The lowest BCUT2D eigenvalue weighted by atomic mass is 9.93. The molecule has 22 heavy (non-hydrogen) atoms. The van der Waals surface area contributed by atoms with Gasteiger partial charge in [0.25, 0.3) is 0 Å². The van der Waals surface area contributed by atoms with Crippen molar-refractivity contribution in [2.75, 3.05) is 0 Å². The number of likely N-dealkylation sites (tertiary alicyclic amines) is 1. The van der Waals surface area contributed by atoms with Crippen molar-refractivity contribution in [2.45, 2.75) is 71.6 Å². The van der Waals surface area contributed by atoms with Crippen molar-refractivity contribution in [1.29, 1.82) is 0 Å². The molecule has 0 spiro atoms. The van der Waals surface area contributed by atoms with Crippen molar-refractivity contribution >= 4 is 6.09 Å². The van der Waals surface area contributed by atoms with Crippen molar-refractivity contribution in [3.05, 3.63) is 35.9 Å². The van der Waals surface area contributed by atoms with Crippen molar-refractivity contribution in [2.24, 2.45) is 5.92 Å². The fraction of sp³-hybridized carbons (Fsp3) is 0.632. The molecule has 3 heteroatoms. The van der Waals surface area contributed by atoms with E-state index in [1.165, 1.54) is 5.56 Å². The van der Waals surface area contributed by atoms with Gasteiger partial charge in [-0.1, -0.05) is 43.7 Å². The van der Waals surface area contributed by atoms with Gasteiger partial charge in [0.05, 0.1) is 6.04 Å². The SMILES string of the molecule is CCC[C@H]1C[C@@H](c2ccccc2)N(C(=O)OC(C)(C)C)[C@H]1C. The summed E-state index contributed by atoms with van der Waals surface area (Å²) >= 11 is 0. The number of hydrogen-bond donors (Lipinski definition) is 0. The summed E-state index contributed by atoms with van der Waals surface area (Å²) in [6.07, 6.45) is 3.15. The molecule has 2 rings (SSSR count). The first kappa shape index (κ1) is 16.9. The van der Waals surface area contributed by atoms with E-state index in [0.29, 0.717) is 5.92 Å². The molecule has 1 aliphatic rings. The highest BCUT2D eigenvalue weighted by molar-refractivity contribution is 5.70. The Hall–Kier alpha value is -1.51. The van der Waals surface area contributed by atoms with Crippen molar-refractivity contribution < 1.29 is 9.53 Å². The number of nitrogens with zero attached hydrogens (tertiary/aromatic N) is 1. The molecule has 0 aromatic heterocycles. The average molecular weight is 303 g/mol. The summed E-state index contributed by atoms with van der Waals surface area (Å²) in [6.45, 7) is 10.1. The fourth-order valence-corrected chi connectivity index (χ4v) is 3.42. The number of benzene rings is 1. The number of carbonyl (C=O) groups is 1. The Balaban J connectivity index is 2.26. The Morgan fingerprint density at radius 3 is 2.45 bits per heavy atom. The third-order valence-corrected chi connectivity index (χ3v) is 4.43. The molecule has 0 aliphatic carbocycles. The minimum absolute atomic E-state index is 0.127. The zero-order chi connectivity index (χ0) is 16.3. The van der Waals surface area contributed by atoms with E-state index in [4.69, 9.17) is 4.74 Å². The summed E-state index contributed by atoms with van der Waals surface area (Å²) in [5.41, 5.74) is 0.750. The van der Waals surface area contributed by atoms with Crippen LogP contribution in [0.2, 0.25) is 0 Å². The van der Waals surface area contributed by atoms with E-state index >= 15 is 0 Å². The topological polar surface area (TPSA) is 29.5 Å². The third kappa shape index (κ3) is 3.82. The molecule has 0 N–H and O–H groups in total. The maximum absolute atomic E-state index is 12.7. The average Bonchev–Trinajstić information content (AvgIpc) is 2.76. The smallest absolute Gasteiger partial charge is 0.411 e. The summed E-state index contributed by atoms with van der Waals surface area (Å²) in [7, 11) is 0. The summed E-state index contributed by atoms with van der Waals surface area (Å²) < 4.78 is 5.66. The van der Waals surface area contributed by atoms with Crippen LogP contribution in [0, 0.1) is 5.92 Å². The van der Waals surface area contributed by atoms with Crippen LogP contribution in [-0.4, -0.2) is 22.6 Å². The number of hydrogen-bond acceptors (Lipinski definition) is 2. The Kier molecular flexibility index (Phi) is 5.15. The van der Waals surface area contributed by atoms with Crippen LogP contribution in [0.5, 0.6) is 0 Å². The molecule has 1 amide bonds. The normalized spacial score (nSPS) is 25.3. The van der Waals surface area contributed by atoms with Gasteiger partial charge in [-0.15, -0.1) is 0 Å². The van der Waals surface area contributed by atoms with Gasteiger partial charge >= 0.3 is 6.09 Å². The Morgan fingerprint density at radius 1 is 1.27 bits per heavy atom. The van der Waals surface area contributed by atoms with Crippen LogP contribution in [0.15, 0.2) is 30.3 Å². The maximum Gasteiger partial charge on any atom is 0.411 e. The number of ether oxygens (including phenoxy) is 1. The van der Waals surface area contributed by atoms with E-state index in [-0.39, 0.29) is 18.2 Å². The molecular weight excluding hydrogens is 274 g/mol. The van der Waals surface area contributed by atoms with E-state index in [0.717, 1.165) is 19.3 Å². The van der Waals surface area contributed by atoms with Crippen molar-refractivity contribution in [1.82, 2.24) is 4.90 Å². The van der Waals surface area contributed by atoms with Crippen molar-refractivity contribution in [3.63, 3.8) is 0 Å². The second kappa shape index (κ2) is 6.72. The molecule has 0 saturated carbocycles. The first-order valence-corrected chi connectivity index (χ1v) is 8.39. The van der Waals surface area contributed by atoms with E-state index < -0.39 is 5.60 Å². The van der Waals surface area contributed by atoms with E-state index in [1.807, 2.05) is 43.9 Å². The Morgan fingerprint density at radius 2 is 1.91 bits per heavy atom. The zero-order valence-corrected chi connectivity index (χ0v) is 14.5. The number of carbonyl (C=O) groups excluding carboxylic acids is 1. The van der Waals surface area contributed by atoms with Crippen LogP contribution in [0.1, 0.15) is 65.5 Å². The lowest BCUT2D eigenvalue weighted by molar-refractivity contribution is 0.0143. The summed E-state index contributed by atoms with van der Waals surface area (Å²) in [4.78, 5) is 14.7. The molecule has 1 fully saturated rings. The zero-order valence-electron chi connectivity index (χ0n) is 14.5. The first-order valence-electron chi connectivity index (χ1n) is 8.39. The second-order valence-corrected chi connectivity index (χ2v) is 7.34. The monoisotopic (exact) mass is 303 g/mol. The predicted molar refractivity (Wildman–Crippen MR) is 89.7 cm³/mol. The van der Waals surface area contributed by atoms with Crippen LogP contribution >= 0.6 is 0 Å². The van der Waals surface area contributed by atoms with Gasteiger partial charge in [0.15, 0.2) is 0 Å². The summed E-state index contributed by atoms with van der Waals surface area (Å²) in [5, 5.41) is 0. The number of rotatable bonds is 3. The van der Waals surface area contributed by atoms with Gasteiger partial charge < -0.3 is 4.74 Å². The van der Waals surface area contributed by atoms with Gasteiger partial charge in [-0.25, -0.2) is 4.79 Å². The summed E-state index contributed by atoms with van der Waals surface area (Å²) in [6, 6.07) is 10.7. The van der Waals surface area contributed by atoms with Gasteiger partial charge in [-0.3, -0.25) is 4.90 Å². The quantitative estimate of drug-likeness (QED) is 0.770. The van der Waals surface area contributed by atoms with E-state index in [2.05, 4.69) is 26.0 Å². The molecule has 1 aromatic rings. The second-order valence-electron chi connectivity index (χ2n) is 7.34. The highest BCUT2D eigenvalue weighted by Gasteiger charge is 2.43. The van der Waals surface area contributed by atoms with E-state index in [1.54, 1.807) is 0 Å². The largest absolute Gasteiger partial charge is 0.444 e. The molecule has 1 aliphatic heterocycles. The maximum atomic E-state index is 12.7. The molecule has 3 atom stereocenters. The van der Waals surface area contributed by atoms with Gasteiger partial charge in [0.1, 0.15) is 5.60 Å². The summed E-state index contributed by atoms with van der Waals surface area (Å²) in [5.74, 6) is 0.544. The highest BCUT2D eigenvalue weighted by atomic mass is 16.6. The Bertz CT molecular complexity index is 492. The first-order chi connectivity index (χ1) is 10.3. The molecule has 1 aromatic carbocycles. The molecule has 0 radical (unpaired) electrons. The molecule has 1 saturated heterocycles. The molecule has 0 unspecified atom stereocenters. The van der Waals surface area contributed by atoms with Crippen LogP contribution in [0.4, 0.5) is 4.79 Å². The van der Waals surface area contributed by atoms with Crippen LogP contribution in [0.3, 0.4) is 0 Å². The fourth-order valence-electron chi connectivity index (χ4n) is 3.42. The lowest BCUT2D eigenvalue weighted by Crippen LogP contribution is -2.41. The van der Waals surface area contributed by atoms with Gasteiger partial charge in [0.2, 0.25) is 0 Å². The van der Waals surface area contributed by atoms with Crippen molar-refractivity contribution in [3.8, 4) is 0 Å². The van der Waals surface area contributed by atoms with Crippen LogP contribution < -0.4 is 0 Å². The molecule has 3 nitrogen and oxygen atoms in total. The van der Waals surface area contributed by atoms with E-state index in [9.17, 15) is 4.79 Å². The van der Waals surface area contributed by atoms with Crippen LogP contribution in [-0.2, 0) is 4.74 Å². The standard InChI is InChI=1S/C19H29NO2/c1-6-10-16-13-17(15-11-8-7-9-12-15)20(14(16)2)18(21)22-19(3,4)5/h7-9,11-12,14,16-17H,6,10,13H2,1-5H3/t14-,16-,17-/m0/s1. The predicted octanol–water partition coefficient (Wildman–Crippen LogP) is 5.17.